The largest absolute Gasteiger partial charge is 0.354 e. The highest BCUT2D eigenvalue weighted by Gasteiger charge is 2.33. The first-order valence-electron chi connectivity index (χ1n) is 9.40. The molecule has 1 saturated heterocycles. The van der Waals surface area contributed by atoms with E-state index in [1.54, 1.807) is 11.3 Å². The van der Waals surface area contributed by atoms with Crippen molar-refractivity contribution >= 4 is 23.2 Å². The molecule has 0 unspecified atom stereocenters. The third kappa shape index (κ3) is 3.54. The second-order valence-corrected chi connectivity index (χ2v) is 8.19. The SMILES string of the molecule is O=C1NCCN(C(=O)C2CCC2)C[C@H]1Cc1ccccc1-c1cccs1. The number of thiophene rings is 1. The molecule has 1 aromatic carbocycles. The number of hydrogen-bond acceptors (Lipinski definition) is 3. The molecule has 1 aliphatic carbocycles. The molecule has 1 N–H and O–H groups in total. The van der Waals surface area contributed by atoms with Crippen molar-refractivity contribution in [3.05, 3.63) is 47.3 Å². The summed E-state index contributed by atoms with van der Waals surface area (Å²) >= 11 is 1.71. The van der Waals surface area contributed by atoms with E-state index in [0.717, 1.165) is 19.3 Å². The Morgan fingerprint density at radius 3 is 2.77 bits per heavy atom. The lowest BCUT2D eigenvalue weighted by atomic mass is 9.84. The molecule has 1 saturated carbocycles. The van der Waals surface area contributed by atoms with Gasteiger partial charge >= 0.3 is 0 Å². The molecule has 2 aliphatic rings. The number of nitrogens with zero attached hydrogens (tertiary/aromatic N) is 1. The summed E-state index contributed by atoms with van der Waals surface area (Å²) in [6.45, 7) is 1.71. The first-order valence-corrected chi connectivity index (χ1v) is 10.3. The molecule has 136 valence electrons. The number of benzene rings is 1. The minimum Gasteiger partial charge on any atom is -0.354 e. The number of rotatable bonds is 4. The van der Waals surface area contributed by atoms with Gasteiger partial charge in [-0.25, -0.2) is 0 Å². The zero-order valence-electron chi connectivity index (χ0n) is 14.8. The van der Waals surface area contributed by atoms with Crippen LogP contribution in [0.5, 0.6) is 0 Å². The Balaban J connectivity index is 1.54. The van der Waals surface area contributed by atoms with Gasteiger partial charge in [-0.1, -0.05) is 36.8 Å². The quantitative estimate of drug-likeness (QED) is 0.900. The van der Waals surface area contributed by atoms with Crippen LogP contribution in [-0.2, 0) is 16.0 Å². The summed E-state index contributed by atoms with van der Waals surface area (Å²) in [5.41, 5.74) is 2.37. The summed E-state index contributed by atoms with van der Waals surface area (Å²) in [6.07, 6.45) is 3.82. The van der Waals surface area contributed by atoms with Gasteiger partial charge in [-0.05, 0) is 41.8 Å². The lowest BCUT2D eigenvalue weighted by Gasteiger charge is -2.32. The Hall–Kier alpha value is -2.14. The summed E-state index contributed by atoms with van der Waals surface area (Å²) < 4.78 is 0. The summed E-state index contributed by atoms with van der Waals surface area (Å²) in [6, 6.07) is 12.5. The molecule has 4 nitrogen and oxygen atoms in total. The number of carbonyl (C=O) groups excluding carboxylic acids is 2. The Morgan fingerprint density at radius 2 is 2.04 bits per heavy atom. The second-order valence-electron chi connectivity index (χ2n) is 7.24. The fourth-order valence-electron chi connectivity index (χ4n) is 3.81. The summed E-state index contributed by atoms with van der Waals surface area (Å²) in [4.78, 5) is 28.4. The molecule has 1 aromatic heterocycles. The maximum absolute atomic E-state index is 12.7. The lowest BCUT2D eigenvalue weighted by molar-refractivity contribution is -0.138. The predicted octanol–water partition coefficient (Wildman–Crippen LogP) is 3.33. The summed E-state index contributed by atoms with van der Waals surface area (Å²) in [5, 5.41) is 5.07. The van der Waals surface area contributed by atoms with Crippen molar-refractivity contribution in [1.82, 2.24) is 10.2 Å². The molecule has 1 aliphatic heterocycles. The maximum atomic E-state index is 12.7. The van der Waals surface area contributed by atoms with E-state index in [9.17, 15) is 9.59 Å². The summed E-state index contributed by atoms with van der Waals surface area (Å²) in [5.74, 6) is 0.295. The van der Waals surface area contributed by atoms with E-state index in [-0.39, 0.29) is 23.7 Å². The average molecular weight is 369 g/mol. The standard InChI is InChI=1S/C21H24N2O2S/c24-20-17(14-23(11-10-22-20)21(25)15-6-3-7-15)13-16-5-1-2-8-18(16)19-9-4-12-26-19/h1-2,4-5,8-9,12,15,17H,3,6-7,10-11,13-14H2,(H,22,24)/t17-/m1/s1. The van der Waals surface area contributed by atoms with Crippen molar-refractivity contribution in [2.24, 2.45) is 11.8 Å². The van der Waals surface area contributed by atoms with Gasteiger partial charge in [-0.15, -0.1) is 11.3 Å². The van der Waals surface area contributed by atoms with E-state index in [4.69, 9.17) is 0 Å². The molecule has 0 radical (unpaired) electrons. The van der Waals surface area contributed by atoms with E-state index in [0.29, 0.717) is 26.1 Å². The minimum atomic E-state index is -0.192. The molecular formula is C21H24N2O2S. The Morgan fingerprint density at radius 1 is 1.19 bits per heavy atom. The maximum Gasteiger partial charge on any atom is 0.225 e. The van der Waals surface area contributed by atoms with Crippen LogP contribution >= 0.6 is 11.3 Å². The van der Waals surface area contributed by atoms with Gasteiger partial charge in [0.2, 0.25) is 11.8 Å². The minimum absolute atomic E-state index is 0.0647. The van der Waals surface area contributed by atoms with Gasteiger partial charge in [0.05, 0.1) is 5.92 Å². The molecule has 26 heavy (non-hydrogen) atoms. The Labute approximate surface area is 158 Å². The van der Waals surface area contributed by atoms with Gasteiger partial charge in [0, 0.05) is 30.4 Å². The van der Waals surface area contributed by atoms with Gasteiger partial charge in [0.25, 0.3) is 0 Å². The van der Waals surface area contributed by atoms with Crippen molar-refractivity contribution in [3.63, 3.8) is 0 Å². The van der Waals surface area contributed by atoms with Crippen LogP contribution in [0, 0.1) is 11.8 Å². The molecular weight excluding hydrogens is 344 g/mol. The van der Waals surface area contributed by atoms with Crippen LogP contribution in [0.15, 0.2) is 41.8 Å². The van der Waals surface area contributed by atoms with Crippen molar-refractivity contribution < 1.29 is 9.59 Å². The average Bonchev–Trinajstić information content (AvgIpc) is 3.06. The molecule has 0 spiro atoms. The fourth-order valence-corrected chi connectivity index (χ4v) is 4.59. The Bertz CT molecular complexity index is 783. The van der Waals surface area contributed by atoms with Crippen molar-refractivity contribution in [2.75, 3.05) is 19.6 Å². The molecule has 2 aromatic rings. The molecule has 2 heterocycles. The van der Waals surface area contributed by atoms with Gasteiger partial charge in [-0.3, -0.25) is 9.59 Å². The normalized spacial score (nSPS) is 21.0. The van der Waals surface area contributed by atoms with Gasteiger partial charge in [-0.2, -0.15) is 0 Å². The van der Waals surface area contributed by atoms with E-state index < -0.39 is 0 Å². The highest BCUT2D eigenvalue weighted by molar-refractivity contribution is 7.13. The fraction of sp³-hybridized carbons (Fsp3) is 0.429. The Kier molecular flexibility index (Phi) is 5.07. The zero-order chi connectivity index (χ0) is 17.9. The molecule has 0 bridgehead atoms. The molecule has 5 heteroatoms. The monoisotopic (exact) mass is 368 g/mol. The van der Waals surface area contributed by atoms with Crippen LogP contribution in [0.1, 0.15) is 24.8 Å². The van der Waals surface area contributed by atoms with Gasteiger partial charge < -0.3 is 10.2 Å². The van der Waals surface area contributed by atoms with Crippen LogP contribution in [-0.4, -0.2) is 36.3 Å². The number of amides is 2. The van der Waals surface area contributed by atoms with Crippen LogP contribution in [0.4, 0.5) is 0 Å². The van der Waals surface area contributed by atoms with Crippen LogP contribution in [0.25, 0.3) is 10.4 Å². The van der Waals surface area contributed by atoms with Crippen molar-refractivity contribution in [2.45, 2.75) is 25.7 Å². The van der Waals surface area contributed by atoms with E-state index >= 15 is 0 Å². The van der Waals surface area contributed by atoms with E-state index in [1.165, 1.54) is 16.0 Å². The van der Waals surface area contributed by atoms with Crippen LogP contribution in [0.3, 0.4) is 0 Å². The molecule has 4 rings (SSSR count). The first-order chi connectivity index (χ1) is 12.7. The highest BCUT2D eigenvalue weighted by atomic mass is 32.1. The third-order valence-corrected chi connectivity index (χ3v) is 6.43. The third-order valence-electron chi connectivity index (χ3n) is 5.53. The van der Waals surface area contributed by atoms with Gasteiger partial charge in [0.1, 0.15) is 0 Å². The van der Waals surface area contributed by atoms with Crippen LogP contribution in [0.2, 0.25) is 0 Å². The smallest absolute Gasteiger partial charge is 0.225 e. The molecule has 1 atom stereocenters. The van der Waals surface area contributed by atoms with Gasteiger partial charge in [0.15, 0.2) is 0 Å². The van der Waals surface area contributed by atoms with E-state index in [1.807, 2.05) is 23.1 Å². The van der Waals surface area contributed by atoms with Crippen LogP contribution < -0.4 is 5.32 Å². The van der Waals surface area contributed by atoms with E-state index in [2.05, 4.69) is 28.9 Å². The number of nitrogens with one attached hydrogen (secondary N) is 1. The predicted molar refractivity (Wildman–Crippen MR) is 104 cm³/mol. The molecule has 2 amide bonds. The molecule has 2 fully saturated rings. The van der Waals surface area contributed by atoms with Crippen molar-refractivity contribution in [3.8, 4) is 10.4 Å². The lowest BCUT2D eigenvalue weighted by Crippen LogP contribution is -2.42. The zero-order valence-corrected chi connectivity index (χ0v) is 15.6. The summed E-state index contributed by atoms with van der Waals surface area (Å²) in [7, 11) is 0. The second kappa shape index (κ2) is 7.62. The first kappa shape index (κ1) is 17.3. The van der Waals surface area contributed by atoms with Crippen molar-refractivity contribution in [1.29, 1.82) is 0 Å². The number of hydrogen-bond donors (Lipinski definition) is 1. The topological polar surface area (TPSA) is 49.4 Å². The highest BCUT2D eigenvalue weighted by Crippen LogP contribution is 2.31. The number of carbonyl (C=O) groups is 2.